The quantitative estimate of drug-likeness (QED) is 0.749. The minimum absolute atomic E-state index is 0.659. The Morgan fingerprint density at radius 1 is 1.11 bits per heavy atom. The zero-order chi connectivity index (χ0) is 13.2. The number of nitrogens with one attached hydrogen (secondary N) is 2. The van der Waals surface area contributed by atoms with E-state index in [4.69, 9.17) is 4.42 Å². The van der Waals surface area contributed by atoms with Crippen molar-refractivity contribution in [2.75, 3.05) is 17.7 Å². The molecule has 0 saturated carbocycles. The molecule has 0 aliphatic carbocycles. The van der Waals surface area contributed by atoms with Crippen LogP contribution in [0, 0.1) is 6.92 Å². The summed E-state index contributed by atoms with van der Waals surface area (Å²) >= 11 is 0. The third kappa shape index (κ3) is 2.33. The van der Waals surface area contributed by atoms with Crippen molar-refractivity contribution >= 4 is 28.4 Å². The summed E-state index contributed by atoms with van der Waals surface area (Å²) in [5, 5.41) is 6.17. The maximum absolute atomic E-state index is 5.49. The number of fused-ring (bicyclic) bond motifs is 1. The average Bonchev–Trinajstić information content (AvgIpc) is 2.78. The van der Waals surface area contributed by atoms with Crippen LogP contribution in [0.5, 0.6) is 0 Å². The predicted molar refractivity (Wildman–Crippen MR) is 73.6 cm³/mol. The normalized spacial score (nSPS) is 10.6. The monoisotopic (exact) mass is 255 g/mol. The van der Waals surface area contributed by atoms with Crippen LogP contribution in [0.15, 0.2) is 35.0 Å². The Balaban J connectivity index is 1.91. The van der Waals surface area contributed by atoms with E-state index < -0.39 is 0 Å². The molecule has 0 atom stereocenters. The van der Waals surface area contributed by atoms with Gasteiger partial charge in [0.25, 0.3) is 0 Å². The first kappa shape index (κ1) is 11.5. The summed E-state index contributed by atoms with van der Waals surface area (Å²) in [5.74, 6) is 2.13. The van der Waals surface area contributed by atoms with Gasteiger partial charge < -0.3 is 15.1 Å². The first-order valence-electron chi connectivity index (χ1n) is 5.88. The van der Waals surface area contributed by atoms with E-state index in [0.29, 0.717) is 5.89 Å². The fourth-order valence-corrected chi connectivity index (χ4v) is 1.83. The number of nitrogens with zero attached hydrogens (tertiary/aromatic N) is 3. The number of benzene rings is 1. The lowest BCUT2D eigenvalue weighted by Gasteiger charge is -2.06. The van der Waals surface area contributed by atoms with Crippen LogP contribution in [0.3, 0.4) is 0 Å². The number of anilines is 3. The van der Waals surface area contributed by atoms with E-state index in [1.54, 1.807) is 0 Å². The highest BCUT2D eigenvalue weighted by atomic mass is 16.3. The van der Waals surface area contributed by atoms with Crippen molar-refractivity contribution in [3.05, 3.63) is 36.5 Å². The maximum atomic E-state index is 5.49. The largest absolute Gasteiger partial charge is 0.441 e. The summed E-state index contributed by atoms with van der Waals surface area (Å²) < 4.78 is 5.49. The number of hydrogen-bond acceptors (Lipinski definition) is 6. The zero-order valence-electron chi connectivity index (χ0n) is 10.6. The van der Waals surface area contributed by atoms with Gasteiger partial charge in [-0.2, -0.15) is 0 Å². The lowest BCUT2D eigenvalue weighted by molar-refractivity contribution is 0.561. The van der Waals surface area contributed by atoms with Crippen LogP contribution in [0.2, 0.25) is 0 Å². The standard InChI is InChI=1S/C13H13N5O/c1-8-17-10-4-3-9(5-11(10)19-8)18-13-6-12(14-2)15-7-16-13/h3-7H,1-2H3,(H2,14,15,16,18). The molecule has 2 heterocycles. The summed E-state index contributed by atoms with van der Waals surface area (Å²) in [6.07, 6.45) is 1.51. The Morgan fingerprint density at radius 3 is 2.79 bits per heavy atom. The third-order valence-corrected chi connectivity index (χ3v) is 2.69. The third-order valence-electron chi connectivity index (χ3n) is 2.69. The van der Waals surface area contributed by atoms with E-state index in [-0.39, 0.29) is 0 Å². The van der Waals surface area contributed by atoms with Gasteiger partial charge in [-0.3, -0.25) is 0 Å². The van der Waals surface area contributed by atoms with Crippen LogP contribution in [0.25, 0.3) is 11.1 Å². The Bertz CT molecular complexity index is 722. The topological polar surface area (TPSA) is 75.9 Å². The lowest BCUT2D eigenvalue weighted by atomic mass is 10.3. The van der Waals surface area contributed by atoms with Crippen molar-refractivity contribution in [1.29, 1.82) is 0 Å². The highest BCUT2D eigenvalue weighted by Crippen LogP contribution is 2.22. The van der Waals surface area contributed by atoms with Crippen molar-refractivity contribution < 1.29 is 4.42 Å². The van der Waals surface area contributed by atoms with E-state index in [0.717, 1.165) is 28.4 Å². The second-order valence-corrected chi connectivity index (χ2v) is 4.08. The van der Waals surface area contributed by atoms with Gasteiger partial charge in [-0.15, -0.1) is 0 Å². The molecule has 6 nitrogen and oxygen atoms in total. The number of aryl methyl sites for hydroxylation is 1. The van der Waals surface area contributed by atoms with Gasteiger partial charge in [0.1, 0.15) is 23.5 Å². The number of aromatic nitrogens is 3. The van der Waals surface area contributed by atoms with Gasteiger partial charge in [-0.25, -0.2) is 15.0 Å². The fraction of sp³-hybridized carbons (Fsp3) is 0.154. The Kier molecular flexibility index (Phi) is 2.75. The lowest BCUT2D eigenvalue weighted by Crippen LogP contribution is -1.97. The van der Waals surface area contributed by atoms with Crippen molar-refractivity contribution in [3.63, 3.8) is 0 Å². The Hall–Kier alpha value is -2.63. The van der Waals surface area contributed by atoms with Crippen LogP contribution in [0.1, 0.15) is 5.89 Å². The van der Waals surface area contributed by atoms with Crippen LogP contribution in [-0.4, -0.2) is 22.0 Å². The molecule has 3 rings (SSSR count). The molecule has 0 unspecified atom stereocenters. The van der Waals surface area contributed by atoms with Crippen molar-refractivity contribution in [1.82, 2.24) is 15.0 Å². The summed E-state index contributed by atoms with van der Waals surface area (Å²) in [5.41, 5.74) is 2.50. The van der Waals surface area contributed by atoms with Gasteiger partial charge in [-0.05, 0) is 12.1 Å². The molecule has 0 amide bonds. The second-order valence-electron chi connectivity index (χ2n) is 4.08. The van der Waals surface area contributed by atoms with Gasteiger partial charge in [0, 0.05) is 31.8 Å². The Morgan fingerprint density at radius 2 is 1.95 bits per heavy atom. The molecule has 0 radical (unpaired) electrons. The van der Waals surface area contributed by atoms with E-state index in [1.807, 2.05) is 38.2 Å². The number of hydrogen-bond donors (Lipinski definition) is 2. The van der Waals surface area contributed by atoms with E-state index in [2.05, 4.69) is 25.6 Å². The van der Waals surface area contributed by atoms with Gasteiger partial charge in [-0.1, -0.05) is 0 Å². The molecule has 0 spiro atoms. The molecule has 0 aliphatic heterocycles. The minimum atomic E-state index is 0.659. The molecular weight excluding hydrogens is 242 g/mol. The van der Waals surface area contributed by atoms with Crippen molar-refractivity contribution in [3.8, 4) is 0 Å². The molecule has 6 heteroatoms. The number of rotatable bonds is 3. The number of oxazole rings is 1. The van der Waals surface area contributed by atoms with Crippen LogP contribution in [0.4, 0.5) is 17.3 Å². The van der Waals surface area contributed by atoms with Crippen molar-refractivity contribution in [2.24, 2.45) is 0 Å². The molecule has 3 aromatic rings. The highest BCUT2D eigenvalue weighted by molar-refractivity contribution is 5.78. The molecule has 0 fully saturated rings. The van der Waals surface area contributed by atoms with Crippen molar-refractivity contribution in [2.45, 2.75) is 6.92 Å². The van der Waals surface area contributed by atoms with Crippen LogP contribution < -0.4 is 10.6 Å². The van der Waals surface area contributed by atoms with Gasteiger partial charge >= 0.3 is 0 Å². The molecule has 19 heavy (non-hydrogen) atoms. The molecule has 2 aromatic heterocycles. The summed E-state index contributed by atoms with van der Waals surface area (Å²) in [4.78, 5) is 12.5. The predicted octanol–water partition coefficient (Wildman–Crippen LogP) is 2.71. The maximum Gasteiger partial charge on any atom is 0.192 e. The molecular formula is C13H13N5O. The Labute approximate surface area is 109 Å². The summed E-state index contributed by atoms with van der Waals surface area (Å²) in [7, 11) is 1.81. The smallest absolute Gasteiger partial charge is 0.192 e. The fourth-order valence-electron chi connectivity index (χ4n) is 1.83. The van der Waals surface area contributed by atoms with E-state index >= 15 is 0 Å². The molecule has 0 bridgehead atoms. The molecule has 0 aliphatic rings. The average molecular weight is 255 g/mol. The SMILES string of the molecule is CNc1cc(Nc2ccc3nc(C)oc3c2)ncn1. The van der Waals surface area contributed by atoms with E-state index in [1.165, 1.54) is 6.33 Å². The molecule has 0 saturated heterocycles. The minimum Gasteiger partial charge on any atom is -0.441 e. The molecule has 2 N–H and O–H groups in total. The van der Waals surface area contributed by atoms with E-state index in [9.17, 15) is 0 Å². The first-order valence-corrected chi connectivity index (χ1v) is 5.88. The first-order chi connectivity index (χ1) is 9.24. The molecule has 1 aromatic carbocycles. The summed E-state index contributed by atoms with van der Waals surface area (Å²) in [6.45, 7) is 1.83. The van der Waals surface area contributed by atoms with Gasteiger partial charge in [0.2, 0.25) is 0 Å². The zero-order valence-corrected chi connectivity index (χ0v) is 10.6. The second kappa shape index (κ2) is 4.56. The van der Waals surface area contributed by atoms with Crippen LogP contribution in [-0.2, 0) is 0 Å². The highest BCUT2D eigenvalue weighted by Gasteiger charge is 2.04. The molecule has 96 valence electrons. The van der Waals surface area contributed by atoms with Gasteiger partial charge in [0.05, 0.1) is 0 Å². The summed E-state index contributed by atoms with van der Waals surface area (Å²) in [6, 6.07) is 7.58. The van der Waals surface area contributed by atoms with Crippen LogP contribution >= 0.6 is 0 Å². The van der Waals surface area contributed by atoms with Gasteiger partial charge in [0.15, 0.2) is 11.5 Å².